The minimum absolute atomic E-state index is 0. The molecule has 0 aliphatic rings. The first-order valence-electron chi connectivity index (χ1n) is 0.908. The van der Waals surface area contributed by atoms with Gasteiger partial charge in [0.05, 0.1) is 0 Å². The number of carbonyl (C=O) groups excluding carboxylic acids is 1. The van der Waals surface area contributed by atoms with E-state index < -0.39 is 5.97 Å². The van der Waals surface area contributed by atoms with Crippen LogP contribution in [0.4, 0.5) is 0 Å². The van der Waals surface area contributed by atoms with Crippen molar-refractivity contribution < 1.29 is 103 Å². The van der Waals surface area contributed by atoms with Crippen LogP contribution >= 0.6 is 0 Å². The van der Waals surface area contributed by atoms with Gasteiger partial charge in [-0.3, -0.25) is 0 Å². The first kappa shape index (κ1) is 22.7. The number of carbonyl (C=O) groups is 1. The van der Waals surface area contributed by atoms with Gasteiger partial charge >= 0.3 is 80.9 Å². The van der Waals surface area contributed by atoms with Crippen molar-refractivity contribution in [1.29, 1.82) is 0 Å². The van der Waals surface area contributed by atoms with Crippen LogP contribution in [0.2, 0.25) is 0 Å². The number of carboxylic acid groups (broad SMARTS) is 1. The zero-order valence-electron chi connectivity index (χ0n) is 4.69. The second-order valence-electron chi connectivity index (χ2n) is 0.492. The third-order valence-electron chi connectivity index (χ3n) is 0. The van der Waals surface area contributed by atoms with Gasteiger partial charge in [0.25, 0.3) is 0 Å². The molecular weight excluding hydrogens is 154 g/mol. The molecule has 0 amide bonds. The molecule has 0 radical (unpaired) electrons. The van der Waals surface area contributed by atoms with E-state index in [1.165, 1.54) is 0 Å². The van der Waals surface area contributed by atoms with Crippen molar-refractivity contribution in [2.45, 2.75) is 6.92 Å². The molecule has 0 fully saturated rings. The minimum Gasteiger partial charge on any atom is -1.00 e. The Kier molecular flexibility index (Phi) is 51.3. The monoisotopic (exact) mass is 156 g/mol. The van der Waals surface area contributed by atoms with Gasteiger partial charge in [0.2, 0.25) is 0 Å². The van der Waals surface area contributed by atoms with Crippen LogP contribution in [0.25, 0.3) is 0 Å². The Morgan fingerprint density at radius 3 is 1.57 bits per heavy atom. The normalized spacial score (nSPS) is 3.57. The molecule has 0 N–H and O–H groups in total. The predicted molar refractivity (Wildman–Crippen MR) is 10.7 cm³/mol. The summed E-state index contributed by atoms with van der Waals surface area (Å²) in [5, 5.41) is 8.89. The number of aliphatic carboxylic acids is 1. The Balaban J connectivity index is -0.0000000150. The van der Waals surface area contributed by atoms with E-state index >= 15 is 0 Å². The maximum atomic E-state index is 8.89. The van der Waals surface area contributed by atoms with Gasteiger partial charge < -0.3 is 22.3 Å². The van der Waals surface area contributed by atoms with Crippen molar-refractivity contribution in [2.75, 3.05) is 0 Å². The Morgan fingerprint density at radius 2 is 1.57 bits per heavy atom. The molecule has 0 aliphatic heterocycles. The van der Waals surface area contributed by atoms with Gasteiger partial charge in [0.1, 0.15) is 0 Å². The van der Waals surface area contributed by atoms with E-state index in [0.717, 1.165) is 6.92 Å². The van der Waals surface area contributed by atoms with Gasteiger partial charge in [-0.05, 0) is 6.92 Å². The molecule has 0 aromatic carbocycles. The molecule has 0 aromatic rings. The zero-order valence-corrected chi connectivity index (χ0v) is 10.6. The molecule has 0 rings (SSSR count). The molecule has 7 heavy (non-hydrogen) atoms. The Labute approximate surface area is 114 Å². The average molecular weight is 157 g/mol. The second-order valence-corrected chi connectivity index (χ2v) is 0.492. The SMILES string of the molecule is CC(=O)[O-].[Cl-].[K+].[Na+]. The topological polar surface area (TPSA) is 40.1 Å². The van der Waals surface area contributed by atoms with Crippen LogP contribution in [-0.4, -0.2) is 5.97 Å². The number of rotatable bonds is 0. The second kappa shape index (κ2) is 15.8. The maximum Gasteiger partial charge on any atom is 1.00 e. The molecule has 0 unspecified atom stereocenters. The van der Waals surface area contributed by atoms with Gasteiger partial charge in [-0.2, -0.15) is 0 Å². The van der Waals surface area contributed by atoms with Crippen LogP contribution in [0.3, 0.4) is 0 Å². The van der Waals surface area contributed by atoms with Crippen LogP contribution in [0.5, 0.6) is 0 Å². The largest absolute Gasteiger partial charge is 1.00 e. The standard InChI is InChI=1S/C2H4O2.ClH.K.Na/c1-2(3)4;;;/h1H3,(H,3,4);1H;;/q;;2*+1/p-2. The zero-order chi connectivity index (χ0) is 3.58. The molecule has 0 atom stereocenters. The van der Waals surface area contributed by atoms with E-state index in [1.54, 1.807) is 0 Å². The fourth-order valence-corrected chi connectivity index (χ4v) is 0. The molecule has 0 saturated carbocycles. The molecule has 5 heteroatoms. The molecule has 2 nitrogen and oxygen atoms in total. The third-order valence-corrected chi connectivity index (χ3v) is 0. The number of hydrogen-bond acceptors (Lipinski definition) is 2. The summed E-state index contributed by atoms with van der Waals surface area (Å²) in [7, 11) is 0. The smallest absolute Gasteiger partial charge is 1.00 e. The molecule has 0 heterocycles. The fraction of sp³-hybridized carbons (Fsp3) is 0.500. The summed E-state index contributed by atoms with van der Waals surface area (Å²) in [6.45, 7) is 0.972. The molecule has 0 spiro atoms. The Morgan fingerprint density at radius 1 is 1.57 bits per heavy atom. The van der Waals surface area contributed by atoms with Crippen LogP contribution in [-0.2, 0) is 4.79 Å². The fourth-order valence-electron chi connectivity index (χ4n) is 0. The molecule has 0 aromatic heterocycles. The van der Waals surface area contributed by atoms with Gasteiger partial charge in [0.15, 0.2) is 0 Å². The summed E-state index contributed by atoms with van der Waals surface area (Å²) in [5.41, 5.74) is 0. The number of hydrogen-bond donors (Lipinski definition) is 0. The Bertz CT molecular complexity index is 38.7. The van der Waals surface area contributed by atoms with E-state index in [9.17, 15) is 0 Å². The minimum atomic E-state index is -1.08. The van der Waals surface area contributed by atoms with Crippen LogP contribution < -0.4 is 98.5 Å². The van der Waals surface area contributed by atoms with E-state index in [2.05, 4.69) is 0 Å². The van der Waals surface area contributed by atoms with Gasteiger partial charge in [0, 0.05) is 5.97 Å². The molecule has 0 aliphatic carbocycles. The first-order chi connectivity index (χ1) is 1.73. The first-order valence-corrected chi connectivity index (χ1v) is 0.908. The molecule has 0 bridgehead atoms. The van der Waals surface area contributed by atoms with Crippen LogP contribution in [0.1, 0.15) is 6.92 Å². The Hall–Kier alpha value is 2.40. The van der Waals surface area contributed by atoms with Crippen LogP contribution in [0, 0.1) is 0 Å². The summed E-state index contributed by atoms with van der Waals surface area (Å²) in [6, 6.07) is 0. The van der Waals surface area contributed by atoms with Crippen molar-refractivity contribution in [3.05, 3.63) is 0 Å². The molecular formula is C2H3ClKNaO2. The summed E-state index contributed by atoms with van der Waals surface area (Å²) in [5.74, 6) is -1.08. The maximum absolute atomic E-state index is 8.89. The summed E-state index contributed by atoms with van der Waals surface area (Å²) >= 11 is 0. The van der Waals surface area contributed by atoms with Crippen molar-refractivity contribution in [2.24, 2.45) is 0 Å². The van der Waals surface area contributed by atoms with Crippen LogP contribution in [0.15, 0.2) is 0 Å². The molecule has 32 valence electrons. The molecule has 0 saturated heterocycles. The van der Waals surface area contributed by atoms with E-state index in [4.69, 9.17) is 9.90 Å². The van der Waals surface area contributed by atoms with Gasteiger partial charge in [-0.25, -0.2) is 0 Å². The van der Waals surface area contributed by atoms with Crippen molar-refractivity contribution in [1.82, 2.24) is 0 Å². The predicted octanol–water partition coefficient (Wildman–Crippen LogP) is -10.2. The van der Waals surface area contributed by atoms with Crippen molar-refractivity contribution in [3.63, 3.8) is 0 Å². The number of carboxylic acids is 1. The van der Waals surface area contributed by atoms with Gasteiger partial charge in [-0.15, -0.1) is 0 Å². The van der Waals surface area contributed by atoms with Crippen molar-refractivity contribution in [3.8, 4) is 0 Å². The number of halogens is 1. The van der Waals surface area contributed by atoms with E-state index in [0.29, 0.717) is 0 Å². The van der Waals surface area contributed by atoms with E-state index in [1.807, 2.05) is 0 Å². The quantitative estimate of drug-likeness (QED) is 0.327. The van der Waals surface area contributed by atoms with Crippen molar-refractivity contribution >= 4 is 5.97 Å². The summed E-state index contributed by atoms with van der Waals surface area (Å²) in [6.07, 6.45) is 0. The third kappa shape index (κ3) is 59.8. The summed E-state index contributed by atoms with van der Waals surface area (Å²) in [4.78, 5) is 8.89. The summed E-state index contributed by atoms with van der Waals surface area (Å²) < 4.78 is 0. The average Bonchev–Trinajstić information content (AvgIpc) is 0.811. The van der Waals surface area contributed by atoms with E-state index in [-0.39, 0.29) is 93.3 Å². The van der Waals surface area contributed by atoms with Gasteiger partial charge in [-0.1, -0.05) is 0 Å².